The molecule has 0 spiro atoms. The third kappa shape index (κ3) is 3.48. The van der Waals surface area contributed by atoms with Crippen LogP contribution < -0.4 is 5.32 Å². The molecule has 2 rings (SSSR count). The lowest BCUT2D eigenvalue weighted by Crippen LogP contribution is -2.24. The topological polar surface area (TPSA) is 47.0 Å². The normalized spacial score (nSPS) is 16.6. The first kappa shape index (κ1) is 15.2. The molecule has 4 heteroatoms. The van der Waals surface area contributed by atoms with Crippen LogP contribution in [0, 0.1) is 0 Å². The quantitative estimate of drug-likeness (QED) is 0.858. The highest BCUT2D eigenvalue weighted by Crippen LogP contribution is 2.34. The molecule has 0 radical (unpaired) electrons. The zero-order chi connectivity index (χ0) is 14.6. The molecule has 1 aromatic heterocycles. The highest BCUT2D eigenvalue weighted by Gasteiger charge is 2.27. The summed E-state index contributed by atoms with van der Waals surface area (Å²) in [6, 6.07) is 2.13. The average Bonchev–Trinajstić information content (AvgIpc) is 2.99. The molecule has 112 valence electrons. The Hall–Kier alpha value is -1.16. The Morgan fingerprint density at radius 2 is 2.00 bits per heavy atom. The van der Waals surface area contributed by atoms with Crippen molar-refractivity contribution in [1.82, 2.24) is 9.97 Å². The lowest BCUT2D eigenvalue weighted by Gasteiger charge is -2.23. The third-order valence-corrected chi connectivity index (χ3v) is 4.12. The minimum absolute atomic E-state index is 0.447. The molecule has 0 saturated heterocycles. The summed E-state index contributed by atoms with van der Waals surface area (Å²) in [6.07, 6.45) is 6.21. The summed E-state index contributed by atoms with van der Waals surface area (Å²) in [5.74, 6) is 2.30. The van der Waals surface area contributed by atoms with Gasteiger partial charge in [0, 0.05) is 31.3 Å². The number of methoxy groups -OCH3 is 1. The van der Waals surface area contributed by atoms with Crippen LogP contribution in [0.2, 0.25) is 0 Å². The molecule has 0 atom stereocenters. The standard InChI is InChI=1S/C16H27N3O/c1-5-10-17-14-11-13(12-8-6-7-9-12)18-15(19-14)16(2,3)20-4/h11-12H,5-10H2,1-4H3,(H,17,18,19). The molecule has 20 heavy (non-hydrogen) atoms. The van der Waals surface area contributed by atoms with Crippen LogP contribution in [0.5, 0.6) is 0 Å². The Labute approximate surface area is 122 Å². The third-order valence-electron chi connectivity index (χ3n) is 4.12. The second-order valence-electron chi connectivity index (χ2n) is 6.12. The number of hydrogen-bond acceptors (Lipinski definition) is 4. The highest BCUT2D eigenvalue weighted by atomic mass is 16.5. The van der Waals surface area contributed by atoms with Gasteiger partial charge < -0.3 is 10.1 Å². The fourth-order valence-corrected chi connectivity index (χ4v) is 2.60. The fourth-order valence-electron chi connectivity index (χ4n) is 2.60. The summed E-state index contributed by atoms with van der Waals surface area (Å²) in [6.45, 7) is 7.13. The van der Waals surface area contributed by atoms with Crippen molar-refractivity contribution in [2.24, 2.45) is 0 Å². The molecule has 1 N–H and O–H groups in total. The number of anilines is 1. The number of nitrogens with one attached hydrogen (secondary N) is 1. The van der Waals surface area contributed by atoms with Crippen LogP contribution in [-0.2, 0) is 10.3 Å². The van der Waals surface area contributed by atoms with E-state index in [2.05, 4.69) is 23.3 Å². The molecular weight excluding hydrogens is 250 g/mol. The highest BCUT2D eigenvalue weighted by molar-refractivity contribution is 5.38. The Morgan fingerprint density at radius 1 is 1.30 bits per heavy atom. The maximum Gasteiger partial charge on any atom is 0.162 e. The van der Waals surface area contributed by atoms with Crippen LogP contribution in [0.1, 0.15) is 70.3 Å². The summed E-state index contributed by atoms with van der Waals surface area (Å²) in [5, 5.41) is 3.39. The lowest BCUT2D eigenvalue weighted by molar-refractivity contribution is 0.0113. The van der Waals surface area contributed by atoms with Crippen LogP contribution in [0.3, 0.4) is 0 Å². The van der Waals surface area contributed by atoms with E-state index in [4.69, 9.17) is 9.72 Å². The molecular formula is C16H27N3O. The number of aromatic nitrogens is 2. The molecule has 1 aliphatic carbocycles. The van der Waals surface area contributed by atoms with Crippen molar-refractivity contribution < 1.29 is 4.74 Å². The molecule has 0 amide bonds. The van der Waals surface area contributed by atoms with Crippen molar-refractivity contribution in [1.29, 1.82) is 0 Å². The van der Waals surface area contributed by atoms with Gasteiger partial charge in [-0.3, -0.25) is 0 Å². The van der Waals surface area contributed by atoms with Crippen LogP contribution in [0.4, 0.5) is 5.82 Å². The van der Waals surface area contributed by atoms with E-state index in [1.54, 1.807) is 7.11 Å². The Bertz CT molecular complexity index is 439. The molecule has 0 aliphatic heterocycles. The maximum atomic E-state index is 5.55. The van der Waals surface area contributed by atoms with Crippen molar-refractivity contribution in [3.8, 4) is 0 Å². The summed E-state index contributed by atoms with van der Waals surface area (Å²) in [7, 11) is 1.71. The van der Waals surface area contributed by atoms with Crippen LogP contribution in [0.25, 0.3) is 0 Å². The molecule has 0 unspecified atom stereocenters. The molecule has 1 saturated carbocycles. The second-order valence-corrected chi connectivity index (χ2v) is 6.12. The van der Waals surface area contributed by atoms with E-state index in [1.165, 1.54) is 31.4 Å². The summed E-state index contributed by atoms with van der Waals surface area (Å²) < 4.78 is 5.55. The molecule has 1 aliphatic rings. The van der Waals surface area contributed by atoms with Crippen LogP contribution in [-0.4, -0.2) is 23.6 Å². The van der Waals surface area contributed by atoms with Gasteiger partial charge in [0.05, 0.1) is 0 Å². The first-order valence-electron chi connectivity index (χ1n) is 7.75. The van der Waals surface area contributed by atoms with Crippen molar-refractivity contribution in [3.05, 3.63) is 17.6 Å². The van der Waals surface area contributed by atoms with Gasteiger partial charge in [-0.15, -0.1) is 0 Å². The van der Waals surface area contributed by atoms with Crippen LogP contribution in [0.15, 0.2) is 6.07 Å². The van der Waals surface area contributed by atoms with Gasteiger partial charge in [-0.1, -0.05) is 19.8 Å². The SMILES string of the molecule is CCCNc1cc(C2CCCC2)nc(C(C)(C)OC)n1. The molecule has 4 nitrogen and oxygen atoms in total. The van der Waals surface area contributed by atoms with Gasteiger partial charge in [-0.25, -0.2) is 9.97 Å². The van der Waals surface area contributed by atoms with E-state index in [1.807, 2.05) is 13.8 Å². The predicted octanol–water partition coefficient (Wildman–Crippen LogP) is 3.84. The van der Waals surface area contributed by atoms with E-state index in [9.17, 15) is 0 Å². The van der Waals surface area contributed by atoms with E-state index in [-0.39, 0.29) is 0 Å². The minimum Gasteiger partial charge on any atom is -0.371 e. The predicted molar refractivity (Wildman–Crippen MR) is 82.1 cm³/mol. The Kier molecular flexibility index (Phi) is 4.97. The number of nitrogens with zero attached hydrogens (tertiary/aromatic N) is 2. The fraction of sp³-hybridized carbons (Fsp3) is 0.750. The Morgan fingerprint density at radius 3 is 2.60 bits per heavy atom. The monoisotopic (exact) mass is 277 g/mol. The summed E-state index contributed by atoms with van der Waals surface area (Å²) in [5.41, 5.74) is 0.730. The summed E-state index contributed by atoms with van der Waals surface area (Å²) >= 11 is 0. The minimum atomic E-state index is -0.447. The smallest absolute Gasteiger partial charge is 0.162 e. The lowest BCUT2D eigenvalue weighted by atomic mass is 10.0. The number of hydrogen-bond donors (Lipinski definition) is 1. The van der Waals surface area contributed by atoms with Crippen molar-refractivity contribution >= 4 is 5.82 Å². The summed E-state index contributed by atoms with van der Waals surface area (Å²) in [4.78, 5) is 9.43. The molecule has 0 bridgehead atoms. The van der Waals surface area contributed by atoms with E-state index in [0.29, 0.717) is 5.92 Å². The Balaban J connectivity index is 2.32. The first-order valence-corrected chi connectivity index (χ1v) is 7.75. The van der Waals surface area contributed by atoms with Gasteiger partial charge in [-0.2, -0.15) is 0 Å². The van der Waals surface area contributed by atoms with E-state index in [0.717, 1.165) is 24.6 Å². The number of rotatable bonds is 6. The van der Waals surface area contributed by atoms with Gasteiger partial charge in [-0.05, 0) is 33.1 Å². The zero-order valence-corrected chi connectivity index (χ0v) is 13.2. The van der Waals surface area contributed by atoms with Gasteiger partial charge in [0.2, 0.25) is 0 Å². The van der Waals surface area contributed by atoms with Crippen molar-refractivity contribution in [3.63, 3.8) is 0 Å². The number of ether oxygens (including phenoxy) is 1. The average molecular weight is 277 g/mol. The largest absolute Gasteiger partial charge is 0.371 e. The molecule has 1 fully saturated rings. The maximum absolute atomic E-state index is 5.55. The van der Waals surface area contributed by atoms with Gasteiger partial charge in [0.25, 0.3) is 0 Å². The van der Waals surface area contributed by atoms with Gasteiger partial charge in [0.15, 0.2) is 5.82 Å². The second kappa shape index (κ2) is 6.53. The van der Waals surface area contributed by atoms with Crippen molar-refractivity contribution in [2.45, 2.75) is 64.4 Å². The molecule has 1 aromatic rings. The first-order chi connectivity index (χ1) is 9.56. The molecule has 1 heterocycles. The molecule has 0 aromatic carbocycles. The van der Waals surface area contributed by atoms with E-state index < -0.39 is 5.60 Å². The van der Waals surface area contributed by atoms with E-state index >= 15 is 0 Å². The van der Waals surface area contributed by atoms with Crippen molar-refractivity contribution in [2.75, 3.05) is 19.0 Å². The zero-order valence-electron chi connectivity index (χ0n) is 13.2. The van der Waals surface area contributed by atoms with Crippen LogP contribution >= 0.6 is 0 Å². The van der Waals surface area contributed by atoms with Gasteiger partial charge >= 0.3 is 0 Å². The van der Waals surface area contributed by atoms with Gasteiger partial charge in [0.1, 0.15) is 11.4 Å².